The summed E-state index contributed by atoms with van der Waals surface area (Å²) >= 11 is 0. The van der Waals surface area contributed by atoms with Crippen LogP contribution in [0, 0.1) is 11.8 Å². The topological polar surface area (TPSA) is 26.3 Å². The van der Waals surface area contributed by atoms with Crippen molar-refractivity contribution in [3.8, 4) is 0 Å². The van der Waals surface area contributed by atoms with Gasteiger partial charge in [-0.05, 0) is 32.3 Å². The second kappa shape index (κ2) is 3.62. The summed E-state index contributed by atoms with van der Waals surface area (Å²) < 4.78 is 5.60. The number of hydrogen-bond acceptors (Lipinski definition) is 2. The molecule has 0 saturated carbocycles. The third-order valence-electron chi connectivity index (χ3n) is 2.97. The van der Waals surface area contributed by atoms with E-state index in [0.29, 0.717) is 11.5 Å². The second-order valence-corrected chi connectivity index (χ2v) is 4.08. The minimum atomic E-state index is 0.00694. The highest BCUT2D eigenvalue weighted by atomic mass is 16.5. The Hall–Kier alpha value is -0.630. The van der Waals surface area contributed by atoms with Gasteiger partial charge in [-0.25, -0.2) is 0 Å². The summed E-state index contributed by atoms with van der Waals surface area (Å²) in [5.74, 6) is 0.469. The Bertz CT molecular complexity index is 232. The van der Waals surface area contributed by atoms with E-state index in [2.05, 4.69) is 13.5 Å². The Kier molecular flexibility index (Phi) is 2.91. The number of allylic oxidation sites excluding steroid dienone is 1. The van der Waals surface area contributed by atoms with Crippen LogP contribution in [0.25, 0.3) is 0 Å². The number of rotatable bonds is 2. The van der Waals surface area contributed by atoms with Crippen LogP contribution in [0.15, 0.2) is 12.2 Å². The van der Waals surface area contributed by atoms with Gasteiger partial charge in [0.25, 0.3) is 0 Å². The molecule has 0 aromatic carbocycles. The molecule has 0 radical (unpaired) electrons. The summed E-state index contributed by atoms with van der Waals surface area (Å²) in [4.78, 5) is 11.7. The third-order valence-corrected chi connectivity index (χ3v) is 2.97. The van der Waals surface area contributed by atoms with Crippen molar-refractivity contribution in [2.75, 3.05) is 0 Å². The molecule has 1 rings (SSSR count). The molecule has 0 aliphatic carbocycles. The summed E-state index contributed by atoms with van der Waals surface area (Å²) in [5, 5.41) is 0. The quantitative estimate of drug-likeness (QED) is 0.612. The molecule has 0 bridgehead atoms. The van der Waals surface area contributed by atoms with Gasteiger partial charge in [-0.3, -0.25) is 4.79 Å². The second-order valence-electron chi connectivity index (χ2n) is 4.08. The normalized spacial score (nSPS) is 39.1. The molecule has 4 atom stereocenters. The maximum Gasteiger partial charge on any atom is 0.164 e. The Morgan fingerprint density at radius 2 is 1.77 bits per heavy atom. The fourth-order valence-electron chi connectivity index (χ4n) is 2.00. The maximum atomic E-state index is 11.7. The third kappa shape index (κ3) is 1.83. The molecular formula is C11H18O2. The zero-order chi connectivity index (χ0) is 10.2. The Morgan fingerprint density at radius 3 is 2.08 bits per heavy atom. The number of ether oxygens (including phenoxy) is 1. The van der Waals surface area contributed by atoms with Crippen LogP contribution in [0.5, 0.6) is 0 Å². The van der Waals surface area contributed by atoms with Gasteiger partial charge in [-0.2, -0.15) is 0 Å². The predicted molar refractivity (Wildman–Crippen MR) is 52.5 cm³/mol. The van der Waals surface area contributed by atoms with E-state index in [1.165, 1.54) is 0 Å². The fourth-order valence-corrected chi connectivity index (χ4v) is 2.00. The van der Waals surface area contributed by atoms with Crippen LogP contribution in [-0.2, 0) is 9.53 Å². The molecule has 0 aromatic heterocycles. The van der Waals surface area contributed by atoms with Crippen LogP contribution >= 0.6 is 0 Å². The predicted octanol–water partition coefficient (Wildman–Crippen LogP) is 2.19. The number of Topliss-reactive ketones (excluding diaryl/α,β-unsaturated/α-hetero) is 1. The van der Waals surface area contributed by atoms with Crippen molar-refractivity contribution in [1.82, 2.24) is 0 Å². The van der Waals surface area contributed by atoms with E-state index in [1.807, 2.05) is 13.8 Å². The largest absolute Gasteiger partial charge is 0.374 e. The van der Waals surface area contributed by atoms with Crippen molar-refractivity contribution >= 4 is 5.78 Å². The highest BCUT2D eigenvalue weighted by Crippen LogP contribution is 2.33. The molecule has 74 valence electrons. The molecule has 1 aliphatic rings. The summed E-state index contributed by atoms with van der Waals surface area (Å²) in [7, 11) is 0. The highest BCUT2D eigenvalue weighted by Gasteiger charge is 2.41. The van der Waals surface area contributed by atoms with Gasteiger partial charge in [-0.15, -0.1) is 0 Å². The standard InChI is InChI=1S/C11H18O2/c1-6(2)11(12)10-7(3)8(4)13-9(10)5/h7-10H,1H2,2-5H3. The lowest BCUT2D eigenvalue weighted by molar-refractivity contribution is -0.121. The van der Waals surface area contributed by atoms with E-state index < -0.39 is 0 Å². The smallest absolute Gasteiger partial charge is 0.164 e. The molecule has 2 heteroatoms. The molecule has 2 nitrogen and oxygen atoms in total. The summed E-state index contributed by atoms with van der Waals surface area (Å²) in [6.07, 6.45) is 0.220. The molecule has 0 amide bonds. The first-order valence-corrected chi connectivity index (χ1v) is 4.80. The van der Waals surface area contributed by atoms with Crippen LogP contribution < -0.4 is 0 Å². The first-order chi connectivity index (χ1) is 5.95. The van der Waals surface area contributed by atoms with Crippen LogP contribution in [-0.4, -0.2) is 18.0 Å². The minimum absolute atomic E-state index is 0.00694. The van der Waals surface area contributed by atoms with Crippen molar-refractivity contribution in [3.63, 3.8) is 0 Å². The van der Waals surface area contributed by atoms with Gasteiger partial charge >= 0.3 is 0 Å². The van der Waals surface area contributed by atoms with Gasteiger partial charge in [0, 0.05) is 0 Å². The van der Waals surface area contributed by atoms with Crippen LogP contribution in [0.2, 0.25) is 0 Å². The van der Waals surface area contributed by atoms with Gasteiger partial charge in [0.2, 0.25) is 0 Å². The van der Waals surface area contributed by atoms with E-state index in [4.69, 9.17) is 4.74 Å². The van der Waals surface area contributed by atoms with E-state index in [0.717, 1.165) is 0 Å². The zero-order valence-electron chi connectivity index (χ0n) is 8.83. The Balaban J connectivity index is 2.79. The summed E-state index contributed by atoms with van der Waals surface area (Å²) in [6.45, 7) is 11.5. The molecule has 1 fully saturated rings. The Labute approximate surface area is 80.0 Å². The number of carbonyl (C=O) groups excluding carboxylic acids is 1. The maximum absolute atomic E-state index is 11.7. The van der Waals surface area contributed by atoms with Gasteiger partial charge in [0.05, 0.1) is 18.1 Å². The molecule has 1 heterocycles. The van der Waals surface area contributed by atoms with Crippen LogP contribution in [0.1, 0.15) is 27.7 Å². The van der Waals surface area contributed by atoms with Crippen molar-refractivity contribution in [3.05, 3.63) is 12.2 Å². The molecular weight excluding hydrogens is 164 g/mol. The average molecular weight is 182 g/mol. The van der Waals surface area contributed by atoms with Crippen LogP contribution in [0.3, 0.4) is 0 Å². The van der Waals surface area contributed by atoms with Crippen molar-refractivity contribution < 1.29 is 9.53 Å². The molecule has 0 spiro atoms. The van der Waals surface area contributed by atoms with E-state index in [9.17, 15) is 4.79 Å². The first-order valence-electron chi connectivity index (χ1n) is 4.80. The lowest BCUT2D eigenvalue weighted by Crippen LogP contribution is -2.27. The Morgan fingerprint density at radius 1 is 1.23 bits per heavy atom. The van der Waals surface area contributed by atoms with Gasteiger partial charge < -0.3 is 4.74 Å². The summed E-state index contributed by atoms with van der Waals surface area (Å²) in [5.41, 5.74) is 0.640. The van der Waals surface area contributed by atoms with Gasteiger partial charge in [-0.1, -0.05) is 13.5 Å². The number of carbonyl (C=O) groups is 1. The van der Waals surface area contributed by atoms with E-state index in [-0.39, 0.29) is 23.9 Å². The zero-order valence-corrected chi connectivity index (χ0v) is 8.83. The minimum Gasteiger partial charge on any atom is -0.374 e. The van der Waals surface area contributed by atoms with Crippen molar-refractivity contribution in [1.29, 1.82) is 0 Å². The van der Waals surface area contributed by atoms with E-state index in [1.54, 1.807) is 6.92 Å². The van der Waals surface area contributed by atoms with Crippen molar-refractivity contribution in [2.45, 2.75) is 39.9 Å². The number of ketones is 1. The number of hydrogen-bond donors (Lipinski definition) is 0. The van der Waals surface area contributed by atoms with Crippen molar-refractivity contribution in [2.24, 2.45) is 11.8 Å². The molecule has 1 aliphatic heterocycles. The molecule has 0 N–H and O–H groups in total. The summed E-state index contributed by atoms with van der Waals surface area (Å²) in [6, 6.07) is 0. The molecule has 4 unspecified atom stereocenters. The van der Waals surface area contributed by atoms with Gasteiger partial charge in [0.1, 0.15) is 0 Å². The molecule has 13 heavy (non-hydrogen) atoms. The van der Waals surface area contributed by atoms with Gasteiger partial charge in [0.15, 0.2) is 5.78 Å². The monoisotopic (exact) mass is 182 g/mol. The highest BCUT2D eigenvalue weighted by molar-refractivity contribution is 5.96. The lowest BCUT2D eigenvalue weighted by Gasteiger charge is -2.16. The SMILES string of the molecule is C=C(C)C(=O)C1C(C)OC(C)C1C. The van der Waals surface area contributed by atoms with E-state index >= 15 is 0 Å². The van der Waals surface area contributed by atoms with Crippen LogP contribution in [0.4, 0.5) is 0 Å². The first kappa shape index (κ1) is 10.5. The molecule has 1 saturated heterocycles. The lowest BCUT2D eigenvalue weighted by atomic mass is 9.84. The fraction of sp³-hybridized carbons (Fsp3) is 0.727. The average Bonchev–Trinajstić information content (AvgIpc) is 2.26. The molecule has 0 aromatic rings.